The topological polar surface area (TPSA) is 71.3 Å². The van der Waals surface area contributed by atoms with Gasteiger partial charge in [0.05, 0.1) is 6.54 Å². The molecule has 6 nitrogen and oxygen atoms in total. The highest BCUT2D eigenvalue weighted by molar-refractivity contribution is 5.78. The van der Waals surface area contributed by atoms with Crippen LogP contribution in [0.3, 0.4) is 0 Å². The Labute approximate surface area is 154 Å². The van der Waals surface area contributed by atoms with Crippen LogP contribution in [-0.4, -0.2) is 40.6 Å². The first-order valence-corrected chi connectivity index (χ1v) is 9.59. The largest absolute Gasteiger partial charge is 0.343 e. The van der Waals surface area contributed by atoms with Crippen molar-refractivity contribution in [2.24, 2.45) is 0 Å². The van der Waals surface area contributed by atoms with Gasteiger partial charge in [-0.1, -0.05) is 35.5 Å². The molecular formula is C20H26N4O2. The first kappa shape index (κ1) is 17.2. The van der Waals surface area contributed by atoms with Gasteiger partial charge in [0, 0.05) is 5.92 Å². The average molecular weight is 354 g/mol. The third-order valence-electron chi connectivity index (χ3n) is 5.37. The minimum Gasteiger partial charge on any atom is -0.343 e. The average Bonchev–Trinajstić information content (AvgIpc) is 3.39. The van der Waals surface area contributed by atoms with Crippen LogP contribution in [0.1, 0.15) is 67.8 Å². The highest BCUT2D eigenvalue weighted by atomic mass is 16.5. The first-order chi connectivity index (χ1) is 12.7. The summed E-state index contributed by atoms with van der Waals surface area (Å²) in [6.07, 6.45) is 4.47. The van der Waals surface area contributed by atoms with E-state index in [1.807, 2.05) is 6.92 Å². The summed E-state index contributed by atoms with van der Waals surface area (Å²) in [4.78, 5) is 19.0. The zero-order chi connectivity index (χ0) is 17.9. The number of carbonyl (C=O) groups excluding carboxylic acids is 1. The van der Waals surface area contributed by atoms with Gasteiger partial charge in [-0.3, -0.25) is 9.69 Å². The molecule has 2 heterocycles. The van der Waals surface area contributed by atoms with Gasteiger partial charge in [0.1, 0.15) is 6.04 Å². The second-order valence-electron chi connectivity index (χ2n) is 7.52. The third-order valence-corrected chi connectivity index (χ3v) is 5.37. The molecular weight excluding hydrogens is 328 g/mol. The number of piperidine rings is 1. The number of likely N-dealkylation sites (tertiary alicyclic amines) is 1. The Kier molecular flexibility index (Phi) is 5.02. The van der Waals surface area contributed by atoms with Crippen LogP contribution in [0.5, 0.6) is 0 Å². The fourth-order valence-electron chi connectivity index (χ4n) is 3.63. The van der Waals surface area contributed by atoms with Gasteiger partial charge in [-0.15, -0.1) is 0 Å². The maximum atomic E-state index is 12.4. The summed E-state index contributed by atoms with van der Waals surface area (Å²) in [7, 11) is 0. The van der Waals surface area contributed by atoms with Gasteiger partial charge in [-0.25, -0.2) is 0 Å². The molecule has 0 radical (unpaired) electrons. The molecule has 1 aromatic carbocycles. The Morgan fingerprint density at radius 2 is 1.92 bits per heavy atom. The van der Waals surface area contributed by atoms with E-state index in [9.17, 15) is 4.79 Å². The minimum atomic E-state index is -0.246. The summed E-state index contributed by atoms with van der Waals surface area (Å²) in [5.74, 6) is 2.36. The Morgan fingerprint density at radius 3 is 2.62 bits per heavy atom. The van der Waals surface area contributed by atoms with Gasteiger partial charge >= 0.3 is 0 Å². The zero-order valence-corrected chi connectivity index (χ0v) is 15.2. The molecule has 4 rings (SSSR count). The van der Waals surface area contributed by atoms with Crippen molar-refractivity contribution in [2.45, 2.75) is 50.5 Å². The summed E-state index contributed by atoms with van der Waals surface area (Å²) in [5, 5.41) is 6.99. The number of rotatable bonds is 6. The summed E-state index contributed by atoms with van der Waals surface area (Å²) in [6.45, 7) is 4.22. The highest BCUT2D eigenvalue weighted by Crippen LogP contribution is 2.38. The van der Waals surface area contributed by atoms with Crippen LogP contribution < -0.4 is 5.32 Å². The molecule has 2 aliphatic rings. The van der Waals surface area contributed by atoms with Gasteiger partial charge < -0.3 is 9.84 Å². The van der Waals surface area contributed by atoms with E-state index in [2.05, 4.69) is 50.7 Å². The number of nitrogens with zero attached hydrogens (tertiary/aromatic N) is 3. The van der Waals surface area contributed by atoms with E-state index in [0.29, 0.717) is 24.3 Å². The van der Waals surface area contributed by atoms with Crippen LogP contribution in [0, 0.1) is 0 Å². The lowest BCUT2D eigenvalue weighted by Gasteiger charge is -2.31. The van der Waals surface area contributed by atoms with Crippen LogP contribution in [0.2, 0.25) is 0 Å². The van der Waals surface area contributed by atoms with Crippen molar-refractivity contribution in [3.05, 3.63) is 47.6 Å². The van der Waals surface area contributed by atoms with Crippen molar-refractivity contribution in [2.75, 3.05) is 19.6 Å². The molecule has 0 bridgehead atoms. The molecule has 0 spiro atoms. The van der Waals surface area contributed by atoms with Gasteiger partial charge in [0.25, 0.3) is 0 Å². The Bertz CT molecular complexity index is 733. The van der Waals surface area contributed by atoms with Crippen LogP contribution in [0.15, 0.2) is 34.9 Å². The number of carbonyl (C=O) groups is 1. The normalized spacial score (nSPS) is 20.0. The van der Waals surface area contributed by atoms with E-state index >= 15 is 0 Å². The van der Waals surface area contributed by atoms with Crippen molar-refractivity contribution < 1.29 is 9.32 Å². The first-order valence-electron chi connectivity index (χ1n) is 9.59. The van der Waals surface area contributed by atoms with Gasteiger partial charge in [0.2, 0.25) is 11.8 Å². The van der Waals surface area contributed by atoms with Crippen LogP contribution >= 0.6 is 0 Å². The molecule has 26 heavy (non-hydrogen) atoms. The van der Waals surface area contributed by atoms with Crippen molar-refractivity contribution >= 4 is 5.91 Å². The smallest absolute Gasteiger partial charge is 0.248 e. The molecule has 1 saturated heterocycles. The quantitative estimate of drug-likeness (QED) is 0.863. The maximum Gasteiger partial charge on any atom is 0.248 e. The summed E-state index contributed by atoms with van der Waals surface area (Å²) in [5.41, 5.74) is 1.41. The lowest BCUT2D eigenvalue weighted by atomic mass is 9.89. The number of amides is 1. The van der Waals surface area contributed by atoms with Gasteiger partial charge in [-0.05, 0) is 57.2 Å². The lowest BCUT2D eigenvalue weighted by molar-refractivity contribution is -0.123. The third kappa shape index (κ3) is 4.12. The molecule has 1 unspecified atom stereocenters. The second kappa shape index (κ2) is 7.58. The summed E-state index contributed by atoms with van der Waals surface area (Å²) < 4.78 is 5.29. The fraction of sp³-hybridized carbons (Fsp3) is 0.550. The molecule has 2 fully saturated rings. The molecule has 1 N–H and O–H groups in total. The molecule has 1 aromatic heterocycles. The Balaban J connectivity index is 1.23. The zero-order valence-electron chi connectivity index (χ0n) is 15.2. The van der Waals surface area contributed by atoms with Crippen molar-refractivity contribution in [3.8, 4) is 0 Å². The van der Waals surface area contributed by atoms with E-state index in [0.717, 1.165) is 44.6 Å². The van der Waals surface area contributed by atoms with Crippen molar-refractivity contribution in [3.63, 3.8) is 0 Å². The molecule has 1 atom stereocenters. The summed E-state index contributed by atoms with van der Waals surface area (Å²) >= 11 is 0. The highest BCUT2D eigenvalue weighted by Gasteiger charge is 2.30. The van der Waals surface area contributed by atoms with E-state index < -0.39 is 0 Å². The van der Waals surface area contributed by atoms with Crippen LogP contribution in [0.4, 0.5) is 0 Å². The molecule has 138 valence electrons. The Hall–Kier alpha value is -2.21. The van der Waals surface area contributed by atoms with E-state index in [4.69, 9.17) is 4.52 Å². The number of hydrogen-bond donors (Lipinski definition) is 1. The molecule has 1 aliphatic heterocycles. The second-order valence-corrected chi connectivity index (χ2v) is 7.52. The molecule has 1 amide bonds. The van der Waals surface area contributed by atoms with Crippen LogP contribution in [0.25, 0.3) is 0 Å². The monoisotopic (exact) mass is 354 g/mol. The van der Waals surface area contributed by atoms with E-state index in [-0.39, 0.29) is 11.9 Å². The Morgan fingerprint density at radius 1 is 1.19 bits per heavy atom. The standard InChI is InChI=1S/C20H26N4O2/c1-14(20-22-19(23-26-20)17-7-8-17)21-18(25)13-24-11-9-16(10-12-24)15-5-3-2-4-6-15/h2-6,14,16-17H,7-13H2,1H3,(H,21,25). The van der Waals surface area contributed by atoms with E-state index in [1.54, 1.807) is 0 Å². The number of hydrogen-bond acceptors (Lipinski definition) is 5. The summed E-state index contributed by atoms with van der Waals surface area (Å²) in [6, 6.07) is 10.4. The maximum absolute atomic E-state index is 12.4. The van der Waals surface area contributed by atoms with Gasteiger partial charge in [0.15, 0.2) is 5.82 Å². The molecule has 1 aliphatic carbocycles. The number of aromatic nitrogens is 2. The lowest BCUT2D eigenvalue weighted by Crippen LogP contribution is -2.41. The predicted molar refractivity (Wildman–Crippen MR) is 97.7 cm³/mol. The van der Waals surface area contributed by atoms with Crippen LogP contribution in [-0.2, 0) is 4.79 Å². The fourth-order valence-corrected chi connectivity index (χ4v) is 3.63. The predicted octanol–water partition coefficient (Wildman–Crippen LogP) is 3.00. The van der Waals surface area contributed by atoms with Crippen molar-refractivity contribution in [1.29, 1.82) is 0 Å². The number of nitrogens with one attached hydrogen (secondary N) is 1. The van der Waals surface area contributed by atoms with Crippen molar-refractivity contribution in [1.82, 2.24) is 20.4 Å². The van der Waals surface area contributed by atoms with E-state index in [1.165, 1.54) is 5.56 Å². The minimum absolute atomic E-state index is 0.0156. The molecule has 6 heteroatoms. The molecule has 1 saturated carbocycles. The van der Waals surface area contributed by atoms with Gasteiger partial charge in [-0.2, -0.15) is 4.98 Å². The molecule has 2 aromatic rings. The SMILES string of the molecule is CC(NC(=O)CN1CCC(c2ccccc2)CC1)c1nc(C2CC2)no1. The number of benzene rings is 1.